The Labute approximate surface area is 201 Å². The van der Waals surface area contributed by atoms with E-state index in [0.717, 1.165) is 6.42 Å². The molecule has 0 spiro atoms. The lowest BCUT2D eigenvalue weighted by molar-refractivity contribution is -0.0122. The van der Waals surface area contributed by atoms with E-state index < -0.39 is 8.32 Å². The quantitative estimate of drug-likeness (QED) is 0.432. The van der Waals surface area contributed by atoms with Gasteiger partial charge in [0.05, 0.1) is 19.0 Å². The summed E-state index contributed by atoms with van der Waals surface area (Å²) in [6, 6.07) is 21.3. The molecule has 2 aromatic heterocycles. The van der Waals surface area contributed by atoms with Gasteiger partial charge in [-0.2, -0.15) is 0 Å². The number of anilines is 1. The van der Waals surface area contributed by atoms with E-state index in [-0.39, 0.29) is 17.4 Å². The Bertz CT molecular complexity index is 1220. The van der Waals surface area contributed by atoms with E-state index >= 15 is 0 Å². The highest BCUT2D eigenvalue weighted by atomic mass is 28.4. The molecule has 7 nitrogen and oxygen atoms in total. The SMILES string of the molecule is CC(C)(C)[Si](OC[C@H]1[CH]C[C@H](n2cnc3c(N)ncnc32)O1)(c1ccccc1)c1ccccc1. The summed E-state index contributed by atoms with van der Waals surface area (Å²) in [5.74, 6) is 0.372. The molecule has 3 heterocycles. The van der Waals surface area contributed by atoms with Gasteiger partial charge in [0.25, 0.3) is 8.32 Å². The largest absolute Gasteiger partial charge is 0.405 e. The topological polar surface area (TPSA) is 88.1 Å². The summed E-state index contributed by atoms with van der Waals surface area (Å²) >= 11 is 0. The lowest BCUT2D eigenvalue weighted by Gasteiger charge is -2.43. The average molecular weight is 473 g/mol. The number of fused-ring (bicyclic) bond motifs is 1. The number of hydrogen-bond acceptors (Lipinski definition) is 6. The molecule has 1 aliphatic heterocycles. The fourth-order valence-corrected chi connectivity index (χ4v) is 9.49. The molecule has 0 saturated carbocycles. The van der Waals surface area contributed by atoms with Gasteiger partial charge < -0.3 is 14.9 Å². The molecule has 1 aliphatic rings. The van der Waals surface area contributed by atoms with Gasteiger partial charge in [-0.25, -0.2) is 15.0 Å². The van der Waals surface area contributed by atoms with E-state index in [1.165, 1.54) is 16.7 Å². The van der Waals surface area contributed by atoms with Crippen LogP contribution in [0.4, 0.5) is 5.82 Å². The number of benzene rings is 2. The van der Waals surface area contributed by atoms with Crippen molar-refractivity contribution >= 4 is 35.7 Å². The number of ether oxygens (including phenoxy) is 1. The number of hydrogen-bond donors (Lipinski definition) is 1. The minimum atomic E-state index is -2.61. The predicted molar refractivity (Wildman–Crippen MR) is 136 cm³/mol. The van der Waals surface area contributed by atoms with Crippen molar-refractivity contribution in [1.29, 1.82) is 0 Å². The summed E-state index contributed by atoms with van der Waals surface area (Å²) in [7, 11) is -2.61. The first-order valence-electron chi connectivity index (χ1n) is 11.6. The number of rotatable bonds is 6. The summed E-state index contributed by atoms with van der Waals surface area (Å²) in [5.41, 5.74) is 7.23. The summed E-state index contributed by atoms with van der Waals surface area (Å²) in [4.78, 5) is 12.8. The third kappa shape index (κ3) is 3.91. The van der Waals surface area contributed by atoms with Crippen LogP contribution in [0.5, 0.6) is 0 Å². The fourth-order valence-electron chi connectivity index (χ4n) is 4.92. The smallest absolute Gasteiger partial charge is 0.261 e. The number of imidazole rings is 1. The normalized spacial score (nSPS) is 19.0. The van der Waals surface area contributed by atoms with Crippen molar-refractivity contribution in [3.8, 4) is 0 Å². The van der Waals surface area contributed by atoms with Gasteiger partial charge in [0.2, 0.25) is 0 Å². The predicted octanol–water partition coefficient (Wildman–Crippen LogP) is 3.48. The van der Waals surface area contributed by atoms with Crippen LogP contribution in [0.2, 0.25) is 5.04 Å². The van der Waals surface area contributed by atoms with Crippen LogP contribution in [0.1, 0.15) is 33.4 Å². The monoisotopic (exact) mass is 472 g/mol. The molecule has 0 aliphatic carbocycles. The maximum atomic E-state index is 7.03. The van der Waals surface area contributed by atoms with Crippen LogP contribution in [0.15, 0.2) is 73.3 Å². The van der Waals surface area contributed by atoms with E-state index in [4.69, 9.17) is 14.9 Å². The standard InChI is InChI=1S/C26H30N5O2Si/c1-26(2,3)34(20-10-6-4-7-11-20,21-12-8-5-9-13-21)32-16-19-14-15-22(33-19)31-18-30-23-24(27)28-17-29-25(23)31/h4-14,17-19,22H,15-16H2,1-3H3,(H2,27,28,29)/t19-,22-/m1/s1. The molecule has 2 N–H and O–H groups in total. The van der Waals surface area contributed by atoms with Gasteiger partial charge in [-0.1, -0.05) is 81.4 Å². The zero-order valence-corrected chi connectivity index (χ0v) is 20.8. The van der Waals surface area contributed by atoms with Gasteiger partial charge in [0, 0.05) is 0 Å². The van der Waals surface area contributed by atoms with Gasteiger partial charge in [-0.15, -0.1) is 0 Å². The molecule has 0 bridgehead atoms. The van der Waals surface area contributed by atoms with E-state index in [1.54, 1.807) is 6.33 Å². The molecule has 0 amide bonds. The van der Waals surface area contributed by atoms with Gasteiger partial charge in [-0.3, -0.25) is 4.57 Å². The Morgan fingerprint density at radius 3 is 2.26 bits per heavy atom. The Kier molecular flexibility index (Phi) is 5.97. The van der Waals surface area contributed by atoms with Crippen LogP contribution in [-0.2, 0) is 9.16 Å². The van der Waals surface area contributed by atoms with Crippen molar-refractivity contribution in [3.05, 3.63) is 79.7 Å². The molecule has 8 heteroatoms. The summed E-state index contributed by atoms with van der Waals surface area (Å²) in [6.07, 6.45) is 5.76. The van der Waals surface area contributed by atoms with Crippen LogP contribution in [-0.4, -0.2) is 40.5 Å². The van der Waals surface area contributed by atoms with Gasteiger partial charge in [-0.05, 0) is 28.3 Å². The van der Waals surface area contributed by atoms with Crippen molar-refractivity contribution < 1.29 is 9.16 Å². The number of nitrogens with two attached hydrogens (primary N) is 1. The zero-order chi connectivity index (χ0) is 23.8. The Morgan fingerprint density at radius 1 is 1.00 bits per heavy atom. The fraction of sp³-hybridized carbons (Fsp3) is 0.308. The summed E-state index contributed by atoms with van der Waals surface area (Å²) < 4.78 is 15.4. The summed E-state index contributed by atoms with van der Waals surface area (Å²) in [5, 5.41) is 2.44. The van der Waals surface area contributed by atoms with Crippen molar-refractivity contribution in [1.82, 2.24) is 19.5 Å². The Hall–Kier alpha value is -3.07. The maximum Gasteiger partial charge on any atom is 0.261 e. The molecule has 175 valence electrons. The second kappa shape index (κ2) is 8.94. The lowest BCUT2D eigenvalue weighted by atomic mass is 10.2. The van der Waals surface area contributed by atoms with E-state index in [0.29, 0.717) is 23.6 Å². The maximum absolute atomic E-state index is 7.03. The molecule has 2 atom stereocenters. The van der Waals surface area contributed by atoms with Crippen molar-refractivity contribution in [2.75, 3.05) is 12.3 Å². The number of aromatic nitrogens is 4. The number of nitrogen functional groups attached to an aromatic ring is 1. The molecule has 5 rings (SSSR count). The van der Waals surface area contributed by atoms with E-state index in [9.17, 15) is 0 Å². The number of nitrogens with zero attached hydrogens (tertiary/aromatic N) is 4. The molecule has 1 radical (unpaired) electrons. The molecular weight excluding hydrogens is 442 g/mol. The molecular formula is C26H30N5O2Si. The van der Waals surface area contributed by atoms with E-state index in [1.807, 2.05) is 4.57 Å². The molecule has 4 aromatic rings. The summed E-state index contributed by atoms with van der Waals surface area (Å²) in [6.45, 7) is 7.32. The highest BCUT2D eigenvalue weighted by molar-refractivity contribution is 6.99. The molecule has 0 unspecified atom stereocenters. The van der Waals surface area contributed by atoms with Crippen LogP contribution < -0.4 is 16.1 Å². The minimum Gasteiger partial charge on any atom is -0.405 e. The molecule has 1 saturated heterocycles. The van der Waals surface area contributed by atoms with Gasteiger partial charge in [0.15, 0.2) is 11.5 Å². The van der Waals surface area contributed by atoms with Crippen molar-refractivity contribution in [2.45, 2.75) is 44.6 Å². The highest BCUT2D eigenvalue weighted by Gasteiger charge is 2.50. The Morgan fingerprint density at radius 2 is 1.65 bits per heavy atom. The third-order valence-corrected chi connectivity index (χ3v) is 11.5. The highest BCUT2D eigenvalue weighted by Crippen LogP contribution is 2.38. The van der Waals surface area contributed by atoms with Crippen LogP contribution in [0.25, 0.3) is 11.2 Å². The molecule has 1 fully saturated rings. The molecule has 34 heavy (non-hydrogen) atoms. The van der Waals surface area contributed by atoms with Crippen molar-refractivity contribution in [2.24, 2.45) is 0 Å². The second-order valence-corrected chi connectivity index (χ2v) is 14.0. The third-order valence-electron chi connectivity index (χ3n) is 6.51. The Balaban J connectivity index is 1.42. The second-order valence-electron chi connectivity index (χ2n) is 9.66. The van der Waals surface area contributed by atoms with Crippen molar-refractivity contribution in [3.63, 3.8) is 0 Å². The first kappa shape index (κ1) is 22.7. The minimum absolute atomic E-state index is 0.0806. The van der Waals surface area contributed by atoms with Crippen LogP contribution in [0, 0.1) is 6.42 Å². The zero-order valence-electron chi connectivity index (χ0n) is 19.8. The van der Waals surface area contributed by atoms with Crippen LogP contribution >= 0.6 is 0 Å². The first-order valence-corrected chi connectivity index (χ1v) is 13.5. The van der Waals surface area contributed by atoms with Gasteiger partial charge in [0.1, 0.15) is 18.1 Å². The first-order chi connectivity index (χ1) is 16.4. The lowest BCUT2D eigenvalue weighted by Crippen LogP contribution is -2.67. The van der Waals surface area contributed by atoms with Crippen LogP contribution in [0.3, 0.4) is 0 Å². The van der Waals surface area contributed by atoms with Gasteiger partial charge >= 0.3 is 0 Å². The average Bonchev–Trinajstić information content (AvgIpc) is 3.48. The molecule has 2 aromatic carbocycles. The van der Waals surface area contributed by atoms with E-state index in [2.05, 4.69) is 103 Å².